The second kappa shape index (κ2) is 14.1. The molecule has 1 aromatic rings. The number of carbonyl (C=O) groups excluding carboxylic acids is 1. The zero-order valence-corrected chi connectivity index (χ0v) is 17.3. The maximum Gasteiger partial charge on any atom is 0.242 e. The molecule has 6 heteroatoms. The summed E-state index contributed by atoms with van der Waals surface area (Å²) in [6, 6.07) is 9.87. The van der Waals surface area contributed by atoms with E-state index in [9.17, 15) is 4.79 Å². The van der Waals surface area contributed by atoms with Gasteiger partial charge in [0, 0.05) is 19.6 Å². The highest BCUT2D eigenvalue weighted by molar-refractivity contribution is 14.0. The van der Waals surface area contributed by atoms with Gasteiger partial charge in [0.2, 0.25) is 5.91 Å². The minimum absolute atomic E-state index is 0. The summed E-state index contributed by atoms with van der Waals surface area (Å²) in [6.07, 6.45) is 2.28. The molecule has 0 aromatic heterocycles. The number of hydrogen-bond donors (Lipinski definition) is 3. The van der Waals surface area contributed by atoms with Gasteiger partial charge in [-0.05, 0) is 31.2 Å². The predicted molar refractivity (Wildman–Crippen MR) is 112 cm³/mol. The Kier molecular flexibility index (Phi) is 13.3. The molecule has 0 bridgehead atoms. The summed E-state index contributed by atoms with van der Waals surface area (Å²) in [5.74, 6) is 1.33. The van der Waals surface area contributed by atoms with E-state index in [0.29, 0.717) is 18.4 Å². The Balaban J connectivity index is 0.00000529. The monoisotopic (exact) mass is 446 g/mol. The van der Waals surface area contributed by atoms with Crippen molar-refractivity contribution in [1.29, 1.82) is 0 Å². The maximum atomic E-state index is 11.9. The molecular weight excluding hydrogens is 415 g/mol. The first-order valence-corrected chi connectivity index (χ1v) is 8.44. The van der Waals surface area contributed by atoms with E-state index in [-0.39, 0.29) is 36.4 Å². The number of halogens is 1. The van der Waals surface area contributed by atoms with Crippen LogP contribution in [0.2, 0.25) is 0 Å². The Morgan fingerprint density at radius 3 is 2.46 bits per heavy atom. The van der Waals surface area contributed by atoms with Gasteiger partial charge in [-0.25, -0.2) is 4.99 Å². The van der Waals surface area contributed by atoms with Gasteiger partial charge in [0.25, 0.3) is 0 Å². The minimum atomic E-state index is -0.0757. The summed E-state index contributed by atoms with van der Waals surface area (Å²) < 4.78 is 0. The maximum absolute atomic E-state index is 11.9. The fraction of sp³-hybridized carbons (Fsp3) is 0.556. The lowest BCUT2D eigenvalue weighted by Gasteiger charge is -2.12. The van der Waals surface area contributed by atoms with E-state index in [4.69, 9.17) is 0 Å². The van der Waals surface area contributed by atoms with Gasteiger partial charge in [0.15, 0.2) is 5.96 Å². The van der Waals surface area contributed by atoms with Gasteiger partial charge in [-0.15, -0.1) is 24.0 Å². The SMILES string of the molecule is CCNC(=NCC(=O)NCc1ccccc1)NCCCC(C)C.I. The molecule has 0 aliphatic heterocycles. The highest BCUT2D eigenvalue weighted by Crippen LogP contribution is 2.01. The average Bonchev–Trinajstić information content (AvgIpc) is 2.55. The standard InChI is InChI=1S/C18H30N4O.HI/c1-4-19-18(20-12-8-9-15(2)3)22-14-17(23)21-13-16-10-6-5-7-11-16;/h5-7,10-11,15H,4,8-9,12-14H2,1-3H3,(H,21,23)(H2,19,20,22);1H. The molecule has 0 aliphatic carbocycles. The number of amides is 1. The lowest BCUT2D eigenvalue weighted by Crippen LogP contribution is -2.39. The van der Waals surface area contributed by atoms with Crippen LogP contribution in [0, 0.1) is 5.92 Å². The number of rotatable bonds is 9. The van der Waals surface area contributed by atoms with E-state index in [1.807, 2.05) is 37.3 Å². The van der Waals surface area contributed by atoms with Crippen LogP contribution in [0.25, 0.3) is 0 Å². The van der Waals surface area contributed by atoms with Crippen molar-refractivity contribution < 1.29 is 4.79 Å². The summed E-state index contributed by atoms with van der Waals surface area (Å²) in [7, 11) is 0. The third-order valence-corrected chi connectivity index (χ3v) is 3.31. The van der Waals surface area contributed by atoms with E-state index in [1.54, 1.807) is 0 Å². The molecule has 0 aliphatic rings. The van der Waals surface area contributed by atoms with Crippen LogP contribution < -0.4 is 16.0 Å². The van der Waals surface area contributed by atoms with Crippen molar-refractivity contribution >= 4 is 35.8 Å². The van der Waals surface area contributed by atoms with Crippen LogP contribution in [0.15, 0.2) is 35.3 Å². The smallest absolute Gasteiger partial charge is 0.242 e. The van der Waals surface area contributed by atoms with Crippen molar-refractivity contribution in [1.82, 2.24) is 16.0 Å². The van der Waals surface area contributed by atoms with Gasteiger partial charge in [-0.1, -0.05) is 44.2 Å². The fourth-order valence-electron chi connectivity index (χ4n) is 2.06. The molecule has 0 radical (unpaired) electrons. The van der Waals surface area contributed by atoms with Gasteiger partial charge >= 0.3 is 0 Å². The van der Waals surface area contributed by atoms with Crippen LogP contribution in [0.5, 0.6) is 0 Å². The zero-order chi connectivity index (χ0) is 16.9. The molecular formula is C18H31IN4O. The number of aliphatic imine (C=N–C) groups is 1. The van der Waals surface area contributed by atoms with Gasteiger partial charge < -0.3 is 16.0 Å². The lowest BCUT2D eigenvalue weighted by molar-refractivity contribution is -0.119. The molecule has 0 saturated carbocycles. The fourth-order valence-corrected chi connectivity index (χ4v) is 2.06. The third-order valence-electron chi connectivity index (χ3n) is 3.31. The van der Waals surface area contributed by atoms with Gasteiger partial charge in [0.1, 0.15) is 6.54 Å². The largest absolute Gasteiger partial charge is 0.357 e. The van der Waals surface area contributed by atoms with E-state index >= 15 is 0 Å². The molecule has 0 spiro atoms. The van der Waals surface area contributed by atoms with Crippen molar-refractivity contribution in [2.75, 3.05) is 19.6 Å². The van der Waals surface area contributed by atoms with E-state index in [1.165, 1.54) is 6.42 Å². The van der Waals surface area contributed by atoms with Crippen LogP contribution >= 0.6 is 24.0 Å². The highest BCUT2D eigenvalue weighted by atomic mass is 127. The average molecular weight is 446 g/mol. The van der Waals surface area contributed by atoms with Crippen molar-refractivity contribution in [3.05, 3.63) is 35.9 Å². The molecule has 0 unspecified atom stereocenters. The van der Waals surface area contributed by atoms with Crippen LogP contribution in [0.1, 0.15) is 39.2 Å². The molecule has 5 nitrogen and oxygen atoms in total. The number of hydrogen-bond acceptors (Lipinski definition) is 2. The molecule has 3 N–H and O–H groups in total. The number of benzene rings is 1. The van der Waals surface area contributed by atoms with Crippen LogP contribution in [0.3, 0.4) is 0 Å². The van der Waals surface area contributed by atoms with Crippen LogP contribution in [0.4, 0.5) is 0 Å². The molecule has 0 heterocycles. The highest BCUT2D eigenvalue weighted by Gasteiger charge is 2.02. The molecule has 0 saturated heterocycles. The summed E-state index contributed by atoms with van der Waals surface area (Å²) in [5, 5.41) is 9.30. The topological polar surface area (TPSA) is 65.5 Å². The third kappa shape index (κ3) is 11.3. The molecule has 1 amide bonds. The Morgan fingerprint density at radius 2 is 1.83 bits per heavy atom. The van der Waals surface area contributed by atoms with Crippen molar-refractivity contribution in [2.45, 2.75) is 40.2 Å². The number of nitrogens with zero attached hydrogens (tertiary/aromatic N) is 1. The molecule has 1 aromatic carbocycles. The van der Waals surface area contributed by atoms with Gasteiger partial charge in [-0.2, -0.15) is 0 Å². The molecule has 24 heavy (non-hydrogen) atoms. The van der Waals surface area contributed by atoms with Crippen molar-refractivity contribution in [3.8, 4) is 0 Å². The van der Waals surface area contributed by atoms with Gasteiger partial charge in [0.05, 0.1) is 0 Å². The van der Waals surface area contributed by atoms with E-state index in [0.717, 1.165) is 25.1 Å². The zero-order valence-electron chi connectivity index (χ0n) is 15.0. The second-order valence-corrected chi connectivity index (χ2v) is 5.92. The Morgan fingerprint density at radius 1 is 1.12 bits per heavy atom. The summed E-state index contributed by atoms with van der Waals surface area (Å²) >= 11 is 0. The Bertz CT molecular complexity index is 477. The number of nitrogens with one attached hydrogen (secondary N) is 3. The Labute approximate surface area is 163 Å². The summed E-state index contributed by atoms with van der Waals surface area (Å²) in [4.78, 5) is 16.2. The summed E-state index contributed by atoms with van der Waals surface area (Å²) in [5.41, 5.74) is 1.09. The first-order chi connectivity index (χ1) is 11.1. The molecule has 0 fully saturated rings. The van der Waals surface area contributed by atoms with Crippen molar-refractivity contribution in [2.24, 2.45) is 10.9 Å². The van der Waals surface area contributed by atoms with Gasteiger partial charge in [-0.3, -0.25) is 4.79 Å². The molecule has 0 atom stereocenters. The first kappa shape index (κ1) is 22.7. The molecule has 136 valence electrons. The second-order valence-electron chi connectivity index (χ2n) is 5.92. The quantitative estimate of drug-likeness (QED) is 0.237. The van der Waals surface area contributed by atoms with Crippen LogP contribution in [-0.4, -0.2) is 31.5 Å². The normalized spacial score (nSPS) is 10.9. The minimum Gasteiger partial charge on any atom is -0.357 e. The molecule has 1 rings (SSSR count). The lowest BCUT2D eigenvalue weighted by atomic mass is 10.1. The van der Waals surface area contributed by atoms with E-state index in [2.05, 4.69) is 34.8 Å². The predicted octanol–water partition coefficient (Wildman–Crippen LogP) is 2.91. The van der Waals surface area contributed by atoms with E-state index < -0.39 is 0 Å². The number of guanidine groups is 1. The number of carbonyl (C=O) groups is 1. The first-order valence-electron chi connectivity index (χ1n) is 8.44. The summed E-state index contributed by atoms with van der Waals surface area (Å²) in [6.45, 7) is 8.77. The van der Waals surface area contributed by atoms with Crippen LogP contribution in [-0.2, 0) is 11.3 Å². The van der Waals surface area contributed by atoms with Crippen molar-refractivity contribution in [3.63, 3.8) is 0 Å². The Hall–Kier alpha value is -1.31.